The van der Waals surface area contributed by atoms with Gasteiger partial charge in [0.25, 0.3) is 0 Å². The Morgan fingerprint density at radius 1 is 1.14 bits per heavy atom. The van der Waals surface area contributed by atoms with E-state index in [1.807, 2.05) is 37.6 Å². The molecule has 29 heavy (non-hydrogen) atoms. The van der Waals surface area contributed by atoms with Crippen molar-refractivity contribution in [2.75, 3.05) is 6.26 Å². The van der Waals surface area contributed by atoms with Crippen molar-refractivity contribution in [3.8, 4) is 17.1 Å². The van der Waals surface area contributed by atoms with Gasteiger partial charge in [-0.15, -0.1) is 0 Å². The van der Waals surface area contributed by atoms with E-state index in [4.69, 9.17) is 4.74 Å². The Bertz CT molecular complexity index is 1100. The van der Waals surface area contributed by atoms with Crippen LogP contribution in [0.3, 0.4) is 0 Å². The van der Waals surface area contributed by atoms with Crippen LogP contribution in [-0.2, 0) is 28.6 Å². The number of sulfone groups is 1. The molecule has 2 heterocycles. The van der Waals surface area contributed by atoms with Gasteiger partial charge in [-0.3, -0.25) is 9.67 Å². The number of nitrogens with zero attached hydrogens (tertiary/aromatic N) is 3. The van der Waals surface area contributed by atoms with Crippen LogP contribution >= 0.6 is 0 Å². The number of hydrogen-bond donors (Lipinski definition) is 1. The second-order valence-electron chi connectivity index (χ2n) is 7.85. The molecule has 0 atom stereocenters. The van der Waals surface area contributed by atoms with Crippen molar-refractivity contribution >= 4 is 9.84 Å². The quantitative estimate of drug-likeness (QED) is 0.665. The zero-order chi connectivity index (χ0) is 21.2. The maximum absolute atomic E-state index is 11.7. The molecule has 0 saturated heterocycles. The molecular weight excluding hydrogens is 390 g/mol. The summed E-state index contributed by atoms with van der Waals surface area (Å²) in [6, 6.07) is 10.3. The Hall–Kier alpha value is -2.71. The average Bonchev–Trinajstić information content (AvgIpc) is 3.11. The van der Waals surface area contributed by atoms with Gasteiger partial charge in [0, 0.05) is 11.8 Å². The van der Waals surface area contributed by atoms with E-state index in [0.717, 1.165) is 11.3 Å². The minimum absolute atomic E-state index is 0.123. The molecule has 1 aromatic carbocycles. The van der Waals surface area contributed by atoms with Crippen molar-refractivity contribution in [3.63, 3.8) is 0 Å². The number of rotatable bonds is 6. The highest BCUT2D eigenvalue weighted by Gasteiger charge is 2.22. The normalized spacial score (nSPS) is 12.2. The van der Waals surface area contributed by atoms with Crippen LogP contribution < -0.4 is 4.74 Å². The van der Waals surface area contributed by atoms with E-state index in [9.17, 15) is 13.5 Å². The SMILES string of the molecule is CC(C)(C)n1ncc(CO)c1-c1ccc(OCc2cccc(S(C)(=O)=O)c2)cn1. The van der Waals surface area contributed by atoms with E-state index in [0.29, 0.717) is 17.0 Å². The highest BCUT2D eigenvalue weighted by molar-refractivity contribution is 7.90. The molecule has 0 saturated carbocycles. The summed E-state index contributed by atoms with van der Waals surface area (Å²) >= 11 is 0. The maximum atomic E-state index is 11.7. The Kier molecular flexibility index (Phi) is 5.77. The molecule has 3 aromatic rings. The highest BCUT2D eigenvalue weighted by Crippen LogP contribution is 2.28. The Labute approximate surface area is 170 Å². The third-order valence-electron chi connectivity index (χ3n) is 4.36. The van der Waals surface area contributed by atoms with Crippen molar-refractivity contribution in [3.05, 3.63) is 59.9 Å². The number of ether oxygens (including phenoxy) is 1. The molecule has 0 radical (unpaired) electrons. The zero-order valence-corrected chi connectivity index (χ0v) is 17.8. The van der Waals surface area contributed by atoms with Crippen LogP contribution in [0.1, 0.15) is 31.9 Å². The lowest BCUT2D eigenvalue weighted by Gasteiger charge is -2.22. The van der Waals surface area contributed by atoms with Crippen LogP contribution in [0.5, 0.6) is 5.75 Å². The summed E-state index contributed by atoms with van der Waals surface area (Å²) in [5, 5.41) is 14.1. The van der Waals surface area contributed by atoms with Crippen molar-refractivity contribution in [1.82, 2.24) is 14.8 Å². The molecule has 0 unspecified atom stereocenters. The van der Waals surface area contributed by atoms with Crippen molar-refractivity contribution in [2.24, 2.45) is 0 Å². The lowest BCUT2D eigenvalue weighted by molar-refractivity contribution is 0.281. The van der Waals surface area contributed by atoms with Crippen molar-refractivity contribution < 1.29 is 18.3 Å². The summed E-state index contributed by atoms with van der Waals surface area (Å²) in [5.41, 5.74) is 2.66. The molecule has 154 valence electrons. The van der Waals surface area contributed by atoms with Gasteiger partial charge in [-0.25, -0.2) is 8.42 Å². The number of benzene rings is 1. The molecule has 8 heteroatoms. The van der Waals surface area contributed by atoms with Crippen molar-refractivity contribution in [2.45, 2.75) is 44.4 Å². The molecule has 0 fully saturated rings. The number of hydrogen-bond acceptors (Lipinski definition) is 6. The second kappa shape index (κ2) is 7.96. The number of pyridine rings is 1. The topological polar surface area (TPSA) is 94.3 Å². The summed E-state index contributed by atoms with van der Waals surface area (Å²) < 4.78 is 31.0. The number of aromatic nitrogens is 3. The van der Waals surface area contributed by atoms with E-state index in [-0.39, 0.29) is 23.6 Å². The predicted molar refractivity (Wildman–Crippen MR) is 110 cm³/mol. The number of aliphatic hydroxyl groups excluding tert-OH is 1. The van der Waals surface area contributed by atoms with Gasteiger partial charge >= 0.3 is 0 Å². The van der Waals surface area contributed by atoms with Gasteiger partial charge in [0.2, 0.25) is 0 Å². The van der Waals surface area contributed by atoms with E-state index in [1.165, 1.54) is 6.26 Å². The summed E-state index contributed by atoms with van der Waals surface area (Å²) in [6.07, 6.45) is 4.44. The van der Waals surface area contributed by atoms with E-state index < -0.39 is 9.84 Å². The lowest BCUT2D eigenvalue weighted by Crippen LogP contribution is -2.24. The van der Waals surface area contributed by atoms with Gasteiger partial charge in [-0.05, 0) is 50.6 Å². The first-order valence-electron chi connectivity index (χ1n) is 9.16. The van der Waals surface area contributed by atoms with Crippen LogP contribution in [-0.4, -0.2) is 34.5 Å². The second-order valence-corrected chi connectivity index (χ2v) is 9.86. The molecule has 0 amide bonds. The van der Waals surface area contributed by atoms with Gasteiger partial charge in [0.05, 0.1) is 40.8 Å². The predicted octanol–water partition coefficient (Wildman–Crippen LogP) is 3.17. The first-order valence-corrected chi connectivity index (χ1v) is 11.0. The molecule has 0 aliphatic heterocycles. The molecule has 0 aliphatic rings. The standard InChI is InChI=1S/C21H25N3O4S/c1-21(2,3)24-20(16(13-25)11-23-24)19-9-8-17(12-22-19)28-14-15-6-5-7-18(10-15)29(4,26)27/h5-12,25H,13-14H2,1-4H3. The zero-order valence-electron chi connectivity index (χ0n) is 17.0. The van der Waals surface area contributed by atoms with Gasteiger partial charge in [0.15, 0.2) is 9.84 Å². The monoisotopic (exact) mass is 415 g/mol. The third kappa shape index (κ3) is 4.83. The van der Waals surface area contributed by atoms with Crippen LogP contribution in [0.2, 0.25) is 0 Å². The molecule has 0 aliphatic carbocycles. The van der Waals surface area contributed by atoms with Crippen LogP contribution in [0.4, 0.5) is 0 Å². The molecule has 1 N–H and O–H groups in total. The van der Waals surface area contributed by atoms with Gasteiger partial charge in [-0.2, -0.15) is 5.10 Å². The Morgan fingerprint density at radius 2 is 1.90 bits per heavy atom. The van der Waals surface area contributed by atoms with E-state index >= 15 is 0 Å². The van der Waals surface area contributed by atoms with E-state index in [2.05, 4.69) is 10.1 Å². The van der Waals surface area contributed by atoms with Crippen LogP contribution in [0, 0.1) is 0 Å². The summed E-state index contributed by atoms with van der Waals surface area (Å²) in [5.74, 6) is 0.561. The van der Waals surface area contributed by atoms with Crippen LogP contribution in [0.15, 0.2) is 53.7 Å². The first-order chi connectivity index (χ1) is 13.6. The highest BCUT2D eigenvalue weighted by atomic mass is 32.2. The Balaban J connectivity index is 1.80. The fraction of sp³-hybridized carbons (Fsp3) is 0.333. The fourth-order valence-corrected chi connectivity index (χ4v) is 3.61. The summed E-state index contributed by atoms with van der Waals surface area (Å²) in [7, 11) is -3.26. The summed E-state index contributed by atoms with van der Waals surface area (Å²) in [6.45, 7) is 6.21. The van der Waals surface area contributed by atoms with Crippen molar-refractivity contribution in [1.29, 1.82) is 0 Å². The lowest BCUT2D eigenvalue weighted by atomic mass is 10.1. The fourth-order valence-electron chi connectivity index (χ4n) is 2.92. The smallest absolute Gasteiger partial charge is 0.175 e. The van der Waals surface area contributed by atoms with Gasteiger partial charge < -0.3 is 9.84 Å². The molecule has 0 spiro atoms. The third-order valence-corrected chi connectivity index (χ3v) is 5.47. The Morgan fingerprint density at radius 3 is 2.48 bits per heavy atom. The molecule has 0 bridgehead atoms. The van der Waals surface area contributed by atoms with E-state index in [1.54, 1.807) is 36.7 Å². The molecule has 3 rings (SSSR count). The average molecular weight is 416 g/mol. The molecular formula is C21H25N3O4S. The maximum Gasteiger partial charge on any atom is 0.175 e. The minimum Gasteiger partial charge on any atom is -0.487 e. The first kappa shape index (κ1) is 21.0. The number of aliphatic hydroxyl groups is 1. The molecule has 7 nitrogen and oxygen atoms in total. The largest absolute Gasteiger partial charge is 0.487 e. The summed E-state index contributed by atoms with van der Waals surface area (Å²) in [4.78, 5) is 4.74. The molecule has 2 aromatic heterocycles. The van der Waals surface area contributed by atoms with Crippen LogP contribution in [0.25, 0.3) is 11.4 Å². The van der Waals surface area contributed by atoms with Gasteiger partial charge in [-0.1, -0.05) is 12.1 Å². The minimum atomic E-state index is -3.26. The van der Waals surface area contributed by atoms with Gasteiger partial charge in [0.1, 0.15) is 12.4 Å².